The van der Waals surface area contributed by atoms with Gasteiger partial charge in [0, 0.05) is 11.5 Å². The number of nitrogens with zero attached hydrogens (tertiary/aromatic N) is 1. The van der Waals surface area contributed by atoms with Crippen LogP contribution in [-0.2, 0) is 6.54 Å². The summed E-state index contributed by atoms with van der Waals surface area (Å²) in [6.45, 7) is 2.66. The van der Waals surface area contributed by atoms with E-state index in [1.54, 1.807) is 13.2 Å². The van der Waals surface area contributed by atoms with Crippen molar-refractivity contribution in [1.29, 1.82) is 0 Å². The molecule has 2 aromatic carbocycles. The third-order valence-corrected chi connectivity index (χ3v) is 3.62. The molecule has 0 aliphatic rings. The minimum atomic E-state index is -0.00476. The monoisotopic (exact) mass is 279 g/mol. The number of hydrogen-bond donors (Lipinski definition) is 0. The number of hydrogen-bond acceptors (Lipinski definition) is 2. The molecule has 0 aliphatic heterocycles. The van der Waals surface area contributed by atoms with Crippen molar-refractivity contribution >= 4 is 10.9 Å². The minimum Gasteiger partial charge on any atom is -0.482 e. The van der Waals surface area contributed by atoms with Crippen molar-refractivity contribution in [2.24, 2.45) is 0 Å². The highest BCUT2D eigenvalue weighted by Crippen LogP contribution is 2.21. The van der Waals surface area contributed by atoms with Gasteiger partial charge in [-0.1, -0.05) is 42.0 Å². The van der Waals surface area contributed by atoms with Crippen LogP contribution in [-0.4, -0.2) is 11.7 Å². The van der Waals surface area contributed by atoms with Crippen LogP contribution in [0.2, 0.25) is 0 Å². The lowest BCUT2D eigenvalue weighted by atomic mass is 10.1. The van der Waals surface area contributed by atoms with Gasteiger partial charge in [-0.25, -0.2) is 0 Å². The molecule has 1 heterocycles. The molecule has 3 heteroatoms. The van der Waals surface area contributed by atoms with Crippen LogP contribution in [0.15, 0.2) is 59.4 Å². The van der Waals surface area contributed by atoms with Crippen molar-refractivity contribution in [1.82, 2.24) is 4.57 Å². The Kier molecular flexibility index (Phi) is 3.48. The second-order valence-electron chi connectivity index (χ2n) is 5.14. The van der Waals surface area contributed by atoms with E-state index in [0.717, 1.165) is 16.5 Å². The lowest BCUT2D eigenvalue weighted by Gasteiger charge is -2.16. The number of benzene rings is 2. The number of methoxy groups -OCH3 is 1. The van der Waals surface area contributed by atoms with Gasteiger partial charge in [0.1, 0.15) is 0 Å². The molecule has 106 valence electrons. The summed E-state index contributed by atoms with van der Waals surface area (Å²) < 4.78 is 7.43. The van der Waals surface area contributed by atoms with Gasteiger partial charge in [0.25, 0.3) is 0 Å². The van der Waals surface area contributed by atoms with Gasteiger partial charge in [-0.3, -0.25) is 4.79 Å². The molecular weight excluding hydrogens is 262 g/mol. The normalized spacial score (nSPS) is 10.8. The van der Waals surface area contributed by atoms with Gasteiger partial charge in [0.15, 0.2) is 11.3 Å². The summed E-state index contributed by atoms with van der Waals surface area (Å²) in [4.78, 5) is 12.2. The summed E-state index contributed by atoms with van der Waals surface area (Å²) in [6, 6.07) is 17.6. The maximum absolute atomic E-state index is 12.2. The van der Waals surface area contributed by atoms with Gasteiger partial charge in [-0.2, -0.15) is 0 Å². The molecule has 3 nitrogen and oxygen atoms in total. The van der Waals surface area contributed by atoms with Crippen molar-refractivity contribution in [3.05, 3.63) is 75.9 Å². The third-order valence-electron chi connectivity index (χ3n) is 3.62. The molecule has 0 unspecified atom stereocenters. The van der Waals surface area contributed by atoms with Crippen LogP contribution >= 0.6 is 0 Å². The third kappa shape index (κ3) is 2.55. The summed E-state index contributed by atoms with van der Waals surface area (Å²) in [7, 11) is 1.59. The molecule has 0 bridgehead atoms. The first-order valence-electron chi connectivity index (χ1n) is 6.91. The first kappa shape index (κ1) is 13.4. The first-order chi connectivity index (χ1) is 10.2. The van der Waals surface area contributed by atoms with Crippen LogP contribution < -0.4 is 10.2 Å². The zero-order valence-electron chi connectivity index (χ0n) is 12.2. The Balaban J connectivity index is 2.24. The summed E-state index contributed by atoms with van der Waals surface area (Å²) in [6.07, 6.45) is 0. The molecule has 0 aliphatic carbocycles. The van der Waals surface area contributed by atoms with E-state index in [9.17, 15) is 4.79 Å². The van der Waals surface area contributed by atoms with Crippen LogP contribution in [0.25, 0.3) is 10.9 Å². The zero-order chi connectivity index (χ0) is 14.8. The van der Waals surface area contributed by atoms with Gasteiger partial charge >= 0.3 is 0 Å². The van der Waals surface area contributed by atoms with E-state index in [2.05, 4.69) is 12.1 Å². The van der Waals surface area contributed by atoms with Crippen LogP contribution in [0, 0.1) is 6.92 Å². The lowest BCUT2D eigenvalue weighted by Crippen LogP contribution is -2.12. The molecule has 0 N–H and O–H groups in total. The molecular formula is C18H17NO2. The summed E-state index contributed by atoms with van der Waals surface area (Å²) in [5.41, 5.74) is 3.14. The minimum absolute atomic E-state index is 0.00476. The fourth-order valence-electron chi connectivity index (χ4n) is 2.57. The Morgan fingerprint density at radius 3 is 2.52 bits per heavy atom. The highest BCUT2D eigenvalue weighted by atomic mass is 16.5. The number of rotatable bonds is 3. The molecule has 3 rings (SSSR count). The molecule has 21 heavy (non-hydrogen) atoms. The predicted octanol–water partition coefficient (Wildman–Crippen LogP) is 3.37. The van der Waals surface area contributed by atoms with E-state index < -0.39 is 0 Å². The fourth-order valence-corrected chi connectivity index (χ4v) is 2.57. The maximum atomic E-state index is 12.2. The van der Waals surface area contributed by atoms with Crippen molar-refractivity contribution in [3.63, 3.8) is 0 Å². The summed E-state index contributed by atoms with van der Waals surface area (Å²) in [5, 5.41) is 0.728. The molecule has 0 saturated carbocycles. The molecule has 3 aromatic rings. The molecule has 0 amide bonds. The Labute approximate surface area is 123 Å². The second kappa shape index (κ2) is 5.44. The van der Waals surface area contributed by atoms with Crippen LogP contribution in [0.1, 0.15) is 11.1 Å². The lowest BCUT2D eigenvalue weighted by molar-refractivity contribution is 0.376. The number of aromatic nitrogens is 1. The predicted molar refractivity (Wildman–Crippen MR) is 85.0 cm³/mol. The fraction of sp³-hybridized carbons (Fsp3) is 0.167. The Morgan fingerprint density at radius 1 is 1.05 bits per heavy atom. The van der Waals surface area contributed by atoms with E-state index in [0.29, 0.717) is 12.4 Å². The van der Waals surface area contributed by atoms with Gasteiger partial charge in [-0.15, -0.1) is 0 Å². The van der Waals surface area contributed by atoms with Crippen molar-refractivity contribution in [3.8, 4) is 5.88 Å². The SMILES string of the molecule is COc1cc(=O)c2cc(C)ccc2n1Cc1ccccc1. The maximum Gasteiger partial charge on any atom is 0.197 e. The van der Waals surface area contributed by atoms with E-state index in [-0.39, 0.29) is 5.43 Å². The van der Waals surface area contributed by atoms with Gasteiger partial charge < -0.3 is 9.30 Å². The largest absolute Gasteiger partial charge is 0.482 e. The van der Waals surface area contributed by atoms with E-state index in [1.807, 2.05) is 47.9 Å². The molecule has 1 aromatic heterocycles. The Bertz CT molecular complexity index is 835. The van der Waals surface area contributed by atoms with E-state index in [4.69, 9.17) is 4.74 Å². The van der Waals surface area contributed by atoms with Gasteiger partial charge in [0.05, 0.1) is 19.2 Å². The number of ether oxygens (including phenoxy) is 1. The van der Waals surface area contributed by atoms with Crippen molar-refractivity contribution in [2.45, 2.75) is 13.5 Å². The van der Waals surface area contributed by atoms with Crippen LogP contribution in [0.5, 0.6) is 5.88 Å². The number of pyridine rings is 1. The average molecular weight is 279 g/mol. The van der Waals surface area contributed by atoms with E-state index >= 15 is 0 Å². The standard InChI is InChI=1S/C18H17NO2/c1-13-8-9-16-15(10-13)17(20)11-18(21-2)19(16)12-14-6-4-3-5-7-14/h3-11H,12H2,1-2H3. The highest BCUT2D eigenvalue weighted by Gasteiger charge is 2.10. The van der Waals surface area contributed by atoms with E-state index in [1.165, 1.54) is 5.56 Å². The zero-order valence-corrected chi connectivity index (χ0v) is 12.2. The Morgan fingerprint density at radius 2 is 1.81 bits per heavy atom. The Hall–Kier alpha value is -2.55. The number of fused-ring (bicyclic) bond motifs is 1. The molecule has 0 radical (unpaired) electrons. The molecule has 0 atom stereocenters. The van der Waals surface area contributed by atoms with Crippen LogP contribution in [0.3, 0.4) is 0 Å². The van der Waals surface area contributed by atoms with Gasteiger partial charge in [-0.05, 0) is 24.6 Å². The molecule has 0 saturated heterocycles. The molecule has 0 spiro atoms. The first-order valence-corrected chi connectivity index (χ1v) is 6.91. The summed E-state index contributed by atoms with van der Waals surface area (Å²) in [5.74, 6) is 0.584. The van der Waals surface area contributed by atoms with Crippen LogP contribution in [0.4, 0.5) is 0 Å². The smallest absolute Gasteiger partial charge is 0.197 e. The summed E-state index contributed by atoms with van der Waals surface area (Å²) >= 11 is 0. The van der Waals surface area contributed by atoms with Gasteiger partial charge in [0.2, 0.25) is 0 Å². The topological polar surface area (TPSA) is 31.2 Å². The van der Waals surface area contributed by atoms with Crippen molar-refractivity contribution < 1.29 is 4.74 Å². The quantitative estimate of drug-likeness (QED) is 0.736. The molecule has 0 fully saturated rings. The number of aryl methyl sites for hydroxylation is 1. The second-order valence-corrected chi connectivity index (χ2v) is 5.14. The highest BCUT2D eigenvalue weighted by molar-refractivity contribution is 5.80. The average Bonchev–Trinajstić information content (AvgIpc) is 2.51. The van der Waals surface area contributed by atoms with Crippen molar-refractivity contribution in [2.75, 3.05) is 7.11 Å².